The number of nitrogens with one attached hydrogen (secondary N) is 1. The van der Waals surface area contributed by atoms with Crippen molar-refractivity contribution in [2.45, 2.75) is 6.92 Å². The Kier molecular flexibility index (Phi) is 6.58. The van der Waals surface area contributed by atoms with Gasteiger partial charge in [-0.3, -0.25) is 9.59 Å². The summed E-state index contributed by atoms with van der Waals surface area (Å²) in [6.07, 6.45) is 0. The molecule has 0 atom stereocenters. The summed E-state index contributed by atoms with van der Waals surface area (Å²) < 4.78 is 0. The summed E-state index contributed by atoms with van der Waals surface area (Å²) in [5.41, 5.74) is 2.97. The lowest BCUT2D eigenvalue weighted by Crippen LogP contribution is -2.57. The molecule has 0 aromatic heterocycles. The van der Waals surface area contributed by atoms with E-state index in [1.54, 1.807) is 4.90 Å². The second-order valence-corrected chi connectivity index (χ2v) is 8.24. The van der Waals surface area contributed by atoms with Crippen molar-refractivity contribution in [3.05, 3.63) is 60.2 Å². The van der Waals surface area contributed by atoms with E-state index in [-0.39, 0.29) is 30.9 Å². The second kappa shape index (κ2) is 9.72. The minimum Gasteiger partial charge on any atom is -0.368 e. The number of rotatable bonds is 4. The first-order valence-electron chi connectivity index (χ1n) is 11.0. The van der Waals surface area contributed by atoms with E-state index >= 15 is 0 Å². The normalized spacial score (nSPS) is 16.8. The van der Waals surface area contributed by atoms with Crippen LogP contribution in [0.4, 0.5) is 16.2 Å². The maximum Gasteiger partial charge on any atom is 0.322 e. The zero-order valence-electron chi connectivity index (χ0n) is 18.4. The molecule has 4 rings (SSSR count). The van der Waals surface area contributed by atoms with Gasteiger partial charge < -0.3 is 24.9 Å². The molecule has 0 radical (unpaired) electrons. The van der Waals surface area contributed by atoms with Crippen LogP contribution in [0.15, 0.2) is 54.6 Å². The monoisotopic (exact) mass is 435 g/mol. The molecule has 8 heteroatoms. The van der Waals surface area contributed by atoms with Gasteiger partial charge in [-0.15, -0.1) is 0 Å². The smallest absolute Gasteiger partial charge is 0.322 e. The molecule has 1 N–H and O–H groups in total. The Bertz CT molecular complexity index is 955. The predicted octanol–water partition coefficient (Wildman–Crippen LogP) is 2.02. The number of piperazine rings is 2. The molecule has 0 bridgehead atoms. The number of benzene rings is 2. The van der Waals surface area contributed by atoms with Gasteiger partial charge >= 0.3 is 6.03 Å². The third-order valence-electron chi connectivity index (χ3n) is 5.99. The van der Waals surface area contributed by atoms with Crippen molar-refractivity contribution in [1.29, 1.82) is 0 Å². The number of aryl methyl sites for hydroxylation is 1. The van der Waals surface area contributed by atoms with E-state index in [9.17, 15) is 14.4 Å². The zero-order chi connectivity index (χ0) is 22.5. The third kappa shape index (κ3) is 5.19. The van der Waals surface area contributed by atoms with Crippen LogP contribution in [0.5, 0.6) is 0 Å². The first-order valence-corrected chi connectivity index (χ1v) is 11.0. The molecule has 4 amide bonds. The van der Waals surface area contributed by atoms with Crippen molar-refractivity contribution in [2.75, 3.05) is 62.6 Å². The molecule has 8 nitrogen and oxygen atoms in total. The lowest BCUT2D eigenvalue weighted by molar-refractivity contribution is -0.143. The SMILES string of the molecule is Cc1ccc(NC(=O)N2CCN(CC(=O)N3CCN(c4ccccc4)CC3)C(=O)C2)cc1. The summed E-state index contributed by atoms with van der Waals surface area (Å²) in [5, 5.41) is 2.82. The van der Waals surface area contributed by atoms with Gasteiger partial charge in [0.2, 0.25) is 11.8 Å². The Labute approximate surface area is 188 Å². The number of anilines is 2. The van der Waals surface area contributed by atoms with Crippen molar-refractivity contribution in [1.82, 2.24) is 14.7 Å². The van der Waals surface area contributed by atoms with Gasteiger partial charge in [0.1, 0.15) is 6.54 Å². The van der Waals surface area contributed by atoms with Crippen molar-refractivity contribution in [2.24, 2.45) is 0 Å². The summed E-state index contributed by atoms with van der Waals surface area (Å²) in [4.78, 5) is 45.0. The van der Waals surface area contributed by atoms with Gasteiger partial charge in [-0.25, -0.2) is 4.79 Å². The highest BCUT2D eigenvalue weighted by Gasteiger charge is 2.30. The lowest BCUT2D eigenvalue weighted by atomic mass is 10.2. The molecule has 2 aromatic rings. The van der Waals surface area contributed by atoms with E-state index in [4.69, 9.17) is 0 Å². The topological polar surface area (TPSA) is 76.2 Å². The maximum absolute atomic E-state index is 12.8. The largest absolute Gasteiger partial charge is 0.368 e. The van der Waals surface area contributed by atoms with Crippen molar-refractivity contribution < 1.29 is 14.4 Å². The van der Waals surface area contributed by atoms with Crippen molar-refractivity contribution >= 4 is 29.2 Å². The zero-order valence-corrected chi connectivity index (χ0v) is 18.4. The highest BCUT2D eigenvalue weighted by atomic mass is 16.2. The van der Waals surface area contributed by atoms with Crippen LogP contribution in [0, 0.1) is 6.92 Å². The van der Waals surface area contributed by atoms with Gasteiger partial charge in [0, 0.05) is 50.6 Å². The first kappa shape index (κ1) is 21.7. The summed E-state index contributed by atoms with van der Waals surface area (Å²) in [6, 6.07) is 17.4. The predicted molar refractivity (Wildman–Crippen MR) is 124 cm³/mol. The highest BCUT2D eigenvalue weighted by Crippen LogP contribution is 2.16. The van der Waals surface area contributed by atoms with Gasteiger partial charge in [-0.05, 0) is 31.2 Å². The number of amides is 4. The molecule has 168 valence electrons. The Hall–Kier alpha value is -3.55. The number of para-hydroxylation sites is 1. The molecule has 2 aliphatic heterocycles. The number of hydrogen-bond acceptors (Lipinski definition) is 4. The molecule has 2 aliphatic rings. The average Bonchev–Trinajstić information content (AvgIpc) is 2.82. The lowest BCUT2D eigenvalue weighted by Gasteiger charge is -2.38. The Morgan fingerprint density at radius 2 is 1.50 bits per heavy atom. The van der Waals surface area contributed by atoms with Crippen LogP contribution < -0.4 is 10.2 Å². The highest BCUT2D eigenvalue weighted by molar-refractivity contribution is 5.94. The number of urea groups is 1. The fraction of sp³-hybridized carbons (Fsp3) is 0.375. The summed E-state index contributed by atoms with van der Waals surface area (Å²) in [6.45, 7) is 5.61. The molecule has 0 saturated carbocycles. The molecule has 2 saturated heterocycles. The van der Waals surface area contributed by atoms with Crippen LogP contribution in [0.2, 0.25) is 0 Å². The molecule has 2 aromatic carbocycles. The molecular formula is C24H29N5O3. The van der Waals surface area contributed by atoms with E-state index < -0.39 is 0 Å². The molecule has 0 spiro atoms. The molecule has 2 fully saturated rings. The van der Waals surface area contributed by atoms with E-state index in [1.165, 1.54) is 4.90 Å². The summed E-state index contributed by atoms with van der Waals surface area (Å²) in [7, 11) is 0. The molecule has 32 heavy (non-hydrogen) atoms. The van der Waals surface area contributed by atoms with E-state index in [2.05, 4.69) is 22.3 Å². The van der Waals surface area contributed by atoms with Gasteiger partial charge in [0.25, 0.3) is 0 Å². The van der Waals surface area contributed by atoms with E-state index in [0.29, 0.717) is 31.9 Å². The number of nitrogens with zero attached hydrogens (tertiary/aromatic N) is 4. The van der Waals surface area contributed by atoms with Crippen LogP contribution in [-0.2, 0) is 9.59 Å². The van der Waals surface area contributed by atoms with Crippen LogP contribution >= 0.6 is 0 Å². The average molecular weight is 436 g/mol. The summed E-state index contributed by atoms with van der Waals surface area (Å²) >= 11 is 0. The minimum atomic E-state index is -0.301. The molecule has 2 heterocycles. The number of carbonyl (C=O) groups excluding carboxylic acids is 3. The third-order valence-corrected chi connectivity index (χ3v) is 5.99. The quantitative estimate of drug-likeness (QED) is 0.797. The van der Waals surface area contributed by atoms with Crippen molar-refractivity contribution in [3.63, 3.8) is 0 Å². The van der Waals surface area contributed by atoms with Crippen LogP contribution in [-0.4, -0.2) is 84.9 Å². The fourth-order valence-electron chi connectivity index (χ4n) is 4.00. The second-order valence-electron chi connectivity index (χ2n) is 8.24. The van der Waals surface area contributed by atoms with Crippen LogP contribution in [0.3, 0.4) is 0 Å². The molecular weight excluding hydrogens is 406 g/mol. The van der Waals surface area contributed by atoms with Crippen molar-refractivity contribution in [3.8, 4) is 0 Å². The van der Waals surface area contributed by atoms with Gasteiger partial charge in [0.15, 0.2) is 0 Å². The summed E-state index contributed by atoms with van der Waals surface area (Å²) in [5.74, 6) is -0.241. The standard InChI is InChI=1S/C24H29N5O3/c1-19-7-9-20(10-8-19)25-24(32)29-16-15-28(23(31)18-29)17-22(30)27-13-11-26(12-14-27)21-5-3-2-4-6-21/h2-10H,11-18H2,1H3,(H,25,32). The van der Waals surface area contributed by atoms with Gasteiger partial charge in [-0.2, -0.15) is 0 Å². The number of carbonyl (C=O) groups is 3. The van der Waals surface area contributed by atoms with Gasteiger partial charge in [0.05, 0.1) is 6.54 Å². The minimum absolute atomic E-state index is 0.0211. The fourth-order valence-corrected chi connectivity index (χ4v) is 4.00. The van der Waals surface area contributed by atoms with Crippen LogP contribution in [0.1, 0.15) is 5.56 Å². The Balaban J connectivity index is 1.23. The maximum atomic E-state index is 12.8. The molecule has 0 aliphatic carbocycles. The Morgan fingerprint density at radius 3 is 2.16 bits per heavy atom. The Morgan fingerprint density at radius 1 is 0.844 bits per heavy atom. The number of hydrogen-bond donors (Lipinski definition) is 1. The van der Waals surface area contributed by atoms with Crippen LogP contribution in [0.25, 0.3) is 0 Å². The van der Waals surface area contributed by atoms with Gasteiger partial charge in [-0.1, -0.05) is 35.9 Å². The van der Waals surface area contributed by atoms with E-state index in [1.807, 2.05) is 54.3 Å². The van der Waals surface area contributed by atoms with E-state index in [0.717, 1.165) is 24.3 Å². The first-order chi connectivity index (χ1) is 15.5. The molecule has 0 unspecified atom stereocenters.